The topological polar surface area (TPSA) is 9.23 Å². The predicted molar refractivity (Wildman–Crippen MR) is 44.9 cm³/mol. The first kappa shape index (κ1) is 12.4. The summed E-state index contributed by atoms with van der Waals surface area (Å²) < 4.78 is 64.2. The van der Waals surface area contributed by atoms with Crippen LogP contribution >= 0.6 is 15.9 Å². The molecule has 1 aromatic rings. The van der Waals surface area contributed by atoms with Gasteiger partial charge in [0.1, 0.15) is 11.6 Å². The van der Waals surface area contributed by atoms with Crippen LogP contribution in [-0.4, -0.2) is 6.36 Å². The summed E-state index contributed by atoms with van der Waals surface area (Å²) in [6, 6.07) is 1.72. The Labute approximate surface area is 90.0 Å². The van der Waals surface area contributed by atoms with Crippen molar-refractivity contribution in [3.63, 3.8) is 0 Å². The number of benzene rings is 1. The highest BCUT2D eigenvalue weighted by atomic mass is 79.9. The van der Waals surface area contributed by atoms with E-state index in [-0.39, 0.29) is 4.47 Å². The number of rotatable bonds is 2. The van der Waals surface area contributed by atoms with Gasteiger partial charge in [-0.15, -0.1) is 13.2 Å². The molecular formula is C8H4BrF5O. The first-order valence-corrected chi connectivity index (χ1v) is 4.43. The molecule has 0 unspecified atom stereocenters. The third-order valence-electron chi connectivity index (χ3n) is 1.49. The molecule has 0 aliphatic heterocycles. The number of ether oxygens (including phenoxy) is 1. The molecule has 0 amide bonds. The average molecular weight is 291 g/mol. The molecule has 0 aromatic heterocycles. The van der Waals surface area contributed by atoms with Gasteiger partial charge in [-0.2, -0.15) is 0 Å². The van der Waals surface area contributed by atoms with Crippen molar-refractivity contribution < 1.29 is 26.7 Å². The van der Waals surface area contributed by atoms with E-state index in [0.29, 0.717) is 0 Å². The highest BCUT2D eigenvalue weighted by molar-refractivity contribution is 9.10. The zero-order valence-electron chi connectivity index (χ0n) is 7.04. The van der Waals surface area contributed by atoms with Crippen LogP contribution in [0.1, 0.15) is 5.56 Å². The normalized spacial score (nSPS) is 11.9. The summed E-state index contributed by atoms with van der Waals surface area (Å²) in [6.45, 7) is -1.19. The van der Waals surface area contributed by atoms with Crippen molar-refractivity contribution in [2.24, 2.45) is 0 Å². The zero-order chi connectivity index (χ0) is 11.6. The Morgan fingerprint density at radius 3 is 2.00 bits per heavy atom. The third-order valence-corrected chi connectivity index (χ3v) is 1.94. The first-order valence-electron chi connectivity index (χ1n) is 3.63. The first-order chi connectivity index (χ1) is 6.79. The lowest BCUT2D eigenvalue weighted by Crippen LogP contribution is -2.14. The van der Waals surface area contributed by atoms with Crippen LogP contribution in [0.3, 0.4) is 0 Å². The molecule has 1 nitrogen and oxygen atoms in total. The second-order valence-electron chi connectivity index (χ2n) is 2.58. The van der Waals surface area contributed by atoms with E-state index in [1.54, 1.807) is 0 Å². The molecule has 0 atom stereocenters. The van der Waals surface area contributed by atoms with E-state index in [0.717, 1.165) is 12.1 Å². The minimum atomic E-state index is -4.91. The summed E-state index contributed by atoms with van der Waals surface area (Å²) in [5, 5.41) is 0. The van der Waals surface area contributed by atoms with Crippen LogP contribution in [0, 0.1) is 11.6 Å². The second-order valence-corrected chi connectivity index (χ2v) is 3.50. The quantitative estimate of drug-likeness (QED) is 0.754. The molecule has 0 saturated heterocycles. The fraction of sp³-hybridized carbons (Fsp3) is 0.250. The van der Waals surface area contributed by atoms with Crippen LogP contribution in [0.25, 0.3) is 0 Å². The minimum Gasteiger partial charge on any atom is -0.287 e. The van der Waals surface area contributed by atoms with E-state index >= 15 is 0 Å². The van der Waals surface area contributed by atoms with Crippen LogP contribution in [0.15, 0.2) is 16.6 Å². The molecule has 84 valence electrons. The van der Waals surface area contributed by atoms with E-state index in [1.165, 1.54) is 0 Å². The monoisotopic (exact) mass is 290 g/mol. The van der Waals surface area contributed by atoms with Crippen molar-refractivity contribution in [2.75, 3.05) is 0 Å². The fourth-order valence-electron chi connectivity index (χ4n) is 0.864. The van der Waals surface area contributed by atoms with Gasteiger partial charge in [-0.3, -0.25) is 4.74 Å². The number of halogens is 6. The van der Waals surface area contributed by atoms with E-state index in [1.807, 2.05) is 0 Å². The molecule has 0 spiro atoms. The highest BCUT2D eigenvalue weighted by Gasteiger charge is 2.30. The lowest BCUT2D eigenvalue weighted by Gasteiger charge is -2.09. The van der Waals surface area contributed by atoms with E-state index in [4.69, 9.17) is 0 Å². The van der Waals surface area contributed by atoms with Gasteiger partial charge in [0, 0.05) is 10.0 Å². The molecule has 7 heteroatoms. The van der Waals surface area contributed by atoms with Crippen molar-refractivity contribution in [3.05, 3.63) is 33.8 Å². The third kappa shape index (κ3) is 3.75. The molecular weight excluding hydrogens is 287 g/mol. The van der Waals surface area contributed by atoms with Gasteiger partial charge < -0.3 is 0 Å². The summed E-state index contributed by atoms with van der Waals surface area (Å²) in [6.07, 6.45) is -4.91. The van der Waals surface area contributed by atoms with E-state index < -0.39 is 30.2 Å². The molecule has 1 rings (SSSR count). The molecule has 0 saturated carbocycles. The molecule has 0 bridgehead atoms. The van der Waals surface area contributed by atoms with Gasteiger partial charge in [-0.25, -0.2) is 8.78 Å². The average Bonchev–Trinajstić information content (AvgIpc) is 1.99. The molecule has 0 fully saturated rings. The largest absolute Gasteiger partial charge is 0.522 e. The summed E-state index contributed by atoms with van der Waals surface area (Å²) >= 11 is 2.79. The Kier molecular flexibility index (Phi) is 3.67. The van der Waals surface area contributed by atoms with Crippen LogP contribution in [0.2, 0.25) is 0 Å². The van der Waals surface area contributed by atoms with Crippen molar-refractivity contribution >= 4 is 15.9 Å². The van der Waals surface area contributed by atoms with Crippen molar-refractivity contribution in [3.8, 4) is 0 Å². The summed E-state index contributed by atoms with van der Waals surface area (Å²) in [4.78, 5) is 0. The van der Waals surface area contributed by atoms with Gasteiger partial charge in [0.05, 0.1) is 6.61 Å². The Bertz CT molecular complexity index is 340. The molecule has 15 heavy (non-hydrogen) atoms. The summed E-state index contributed by atoms with van der Waals surface area (Å²) in [7, 11) is 0. The van der Waals surface area contributed by atoms with Crippen LogP contribution in [0.5, 0.6) is 0 Å². The minimum absolute atomic E-state index is 0.105. The fourth-order valence-corrected chi connectivity index (χ4v) is 1.27. The zero-order valence-corrected chi connectivity index (χ0v) is 8.62. The highest BCUT2D eigenvalue weighted by Crippen LogP contribution is 2.23. The maximum atomic E-state index is 13.0. The lowest BCUT2D eigenvalue weighted by molar-refractivity contribution is -0.330. The molecule has 0 N–H and O–H groups in total. The smallest absolute Gasteiger partial charge is 0.287 e. The second kappa shape index (κ2) is 4.44. The number of hydrogen-bond donors (Lipinski definition) is 0. The van der Waals surface area contributed by atoms with Gasteiger partial charge in [0.25, 0.3) is 0 Å². The van der Waals surface area contributed by atoms with Crippen LogP contribution < -0.4 is 0 Å². The van der Waals surface area contributed by atoms with E-state index in [2.05, 4.69) is 20.7 Å². The predicted octanol–water partition coefficient (Wildman–Crippen LogP) is 3.76. The Morgan fingerprint density at radius 2 is 1.60 bits per heavy atom. The lowest BCUT2D eigenvalue weighted by atomic mass is 10.2. The molecule has 0 aliphatic carbocycles. The summed E-state index contributed by atoms with van der Waals surface area (Å²) in [5.41, 5.74) is -0.754. The van der Waals surface area contributed by atoms with Gasteiger partial charge in [0.2, 0.25) is 0 Å². The van der Waals surface area contributed by atoms with Crippen LogP contribution in [0.4, 0.5) is 22.0 Å². The SMILES string of the molecule is Fc1cc(Br)cc(F)c1COC(F)(F)F. The Morgan fingerprint density at radius 1 is 1.13 bits per heavy atom. The molecule has 1 aromatic carbocycles. The Balaban J connectivity index is 2.86. The van der Waals surface area contributed by atoms with E-state index in [9.17, 15) is 22.0 Å². The summed E-state index contributed by atoms with van der Waals surface area (Å²) in [5.74, 6) is -2.18. The number of hydrogen-bond acceptors (Lipinski definition) is 1. The van der Waals surface area contributed by atoms with Gasteiger partial charge >= 0.3 is 6.36 Å². The van der Waals surface area contributed by atoms with Crippen molar-refractivity contribution in [2.45, 2.75) is 13.0 Å². The molecule has 0 aliphatic rings. The van der Waals surface area contributed by atoms with Gasteiger partial charge in [-0.05, 0) is 12.1 Å². The maximum Gasteiger partial charge on any atom is 0.522 e. The number of alkyl halides is 3. The van der Waals surface area contributed by atoms with Crippen LogP contribution in [-0.2, 0) is 11.3 Å². The standard InChI is InChI=1S/C8H4BrF5O/c9-4-1-6(10)5(7(11)2-4)3-15-8(12,13)14/h1-2H,3H2. The maximum absolute atomic E-state index is 13.0. The Hall–Kier alpha value is -0.690. The molecule has 0 radical (unpaired) electrons. The van der Waals surface area contributed by atoms with Gasteiger partial charge in [0.15, 0.2) is 0 Å². The molecule has 0 heterocycles. The van der Waals surface area contributed by atoms with Crippen molar-refractivity contribution in [1.82, 2.24) is 0 Å². The van der Waals surface area contributed by atoms with Gasteiger partial charge in [-0.1, -0.05) is 15.9 Å². The van der Waals surface area contributed by atoms with Crippen molar-refractivity contribution in [1.29, 1.82) is 0 Å².